The first-order valence-corrected chi connectivity index (χ1v) is 12.0. The number of halogens is 1. The van der Waals surface area contributed by atoms with E-state index in [-0.39, 0.29) is 6.10 Å². The molecule has 1 aliphatic heterocycles. The van der Waals surface area contributed by atoms with Crippen molar-refractivity contribution in [1.82, 2.24) is 15.3 Å². The van der Waals surface area contributed by atoms with E-state index in [1.165, 1.54) is 11.1 Å². The van der Waals surface area contributed by atoms with Crippen LogP contribution in [0.2, 0.25) is 5.02 Å². The first kappa shape index (κ1) is 24.1. The van der Waals surface area contributed by atoms with Crippen LogP contribution in [-0.2, 0) is 0 Å². The topological polar surface area (TPSA) is 80.3 Å². The molecule has 8 heteroatoms. The second-order valence-electron chi connectivity index (χ2n) is 8.77. The van der Waals surface area contributed by atoms with Gasteiger partial charge in [0.2, 0.25) is 5.95 Å². The molecule has 1 fully saturated rings. The summed E-state index contributed by atoms with van der Waals surface area (Å²) in [6, 6.07) is 11.9. The summed E-state index contributed by atoms with van der Waals surface area (Å²) in [5, 5.41) is 10.5. The summed E-state index contributed by atoms with van der Waals surface area (Å²) < 4.78 is 11.5. The highest BCUT2D eigenvalue weighted by Gasteiger charge is 2.20. The minimum absolute atomic E-state index is 0.0373. The smallest absolute Gasteiger partial charge is 0.229 e. The maximum atomic E-state index is 6.46. The van der Waals surface area contributed by atoms with Crippen molar-refractivity contribution in [1.29, 1.82) is 0 Å². The Morgan fingerprint density at radius 3 is 2.65 bits per heavy atom. The van der Waals surface area contributed by atoms with Crippen LogP contribution in [0.3, 0.4) is 0 Å². The summed E-state index contributed by atoms with van der Waals surface area (Å²) in [6.07, 6.45) is 3.88. The molecule has 4 rings (SSSR count). The average Bonchev–Trinajstić information content (AvgIpc) is 2.83. The number of benzene rings is 2. The Morgan fingerprint density at radius 1 is 1.12 bits per heavy atom. The molecule has 3 aromatic rings. The minimum atomic E-state index is 0.0373. The molecular weight excluding hydrogens is 450 g/mol. The van der Waals surface area contributed by atoms with E-state index < -0.39 is 0 Å². The van der Waals surface area contributed by atoms with Crippen molar-refractivity contribution >= 4 is 34.7 Å². The maximum absolute atomic E-state index is 6.46. The lowest BCUT2D eigenvalue weighted by Crippen LogP contribution is -2.27. The second-order valence-corrected chi connectivity index (χ2v) is 9.18. The van der Waals surface area contributed by atoms with Crippen molar-refractivity contribution in [3.05, 3.63) is 58.7 Å². The van der Waals surface area contributed by atoms with Gasteiger partial charge in [-0.3, -0.25) is 0 Å². The van der Waals surface area contributed by atoms with Crippen LogP contribution >= 0.6 is 11.6 Å². The van der Waals surface area contributed by atoms with Gasteiger partial charge >= 0.3 is 0 Å². The number of aryl methyl sites for hydroxylation is 1. The summed E-state index contributed by atoms with van der Waals surface area (Å²) >= 11 is 6.46. The van der Waals surface area contributed by atoms with Gasteiger partial charge in [-0.15, -0.1) is 0 Å². The molecule has 2 aromatic carbocycles. The molecule has 180 valence electrons. The molecule has 0 saturated carbocycles. The largest absolute Gasteiger partial charge is 0.497 e. The minimum Gasteiger partial charge on any atom is -0.497 e. The number of ether oxygens (including phenoxy) is 2. The lowest BCUT2D eigenvalue weighted by atomic mass is 9.87. The molecule has 34 heavy (non-hydrogen) atoms. The molecule has 1 aromatic heterocycles. The van der Waals surface area contributed by atoms with Gasteiger partial charge < -0.3 is 25.4 Å². The summed E-state index contributed by atoms with van der Waals surface area (Å²) in [5.74, 6) is 3.01. The predicted molar refractivity (Wildman–Crippen MR) is 138 cm³/mol. The number of piperidine rings is 1. The van der Waals surface area contributed by atoms with Gasteiger partial charge in [0.05, 0.1) is 25.1 Å². The number of nitrogens with zero attached hydrogens (tertiary/aromatic N) is 2. The Hall–Kier alpha value is -3.03. The van der Waals surface area contributed by atoms with Crippen molar-refractivity contribution < 1.29 is 9.47 Å². The number of hydrogen-bond acceptors (Lipinski definition) is 7. The summed E-state index contributed by atoms with van der Waals surface area (Å²) in [5.41, 5.74) is 4.22. The normalized spacial score (nSPS) is 14.2. The van der Waals surface area contributed by atoms with Gasteiger partial charge in [-0.05, 0) is 88.0 Å². The van der Waals surface area contributed by atoms with E-state index in [0.717, 1.165) is 48.8 Å². The van der Waals surface area contributed by atoms with Gasteiger partial charge in [0.25, 0.3) is 0 Å². The van der Waals surface area contributed by atoms with Crippen molar-refractivity contribution in [2.24, 2.45) is 0 Å². The molecule has 0 unspecified atom stereocenters. The number of nitrogens with one attached hydrogen (secondary N) is 3. The molecule has 0 radical (unpaired) electrons. The standard InChI is InChI=1S/C26H32ClN5O2/c1-16(2)34-24-14-21(18-8-10-28-11-9-18)17(3)12-23(24)31-25-22(27)15-29-26(32-25)30-19-6-5-7-20(13-19)33-4/h5-7,12-16,18,28H,8-11H2,1-4H3,(H2,29,30,31,32). The van der Waals surface area contributed by atoms with E-state index in [0.29, 0.717) is 22.7 Å². The van der Waals surface area contributed by atoms with Crippen LogP contribution < -0.4 is 25.4 Å². The van der Waals surface area contributed by atoms with E-state index in [2.05, 4.69) is 45.0 Å². The van der Waals surface area contributed by atoms with Crippen LogP contribution in [0.4, 0.5) is 23.1 Å². The molecule has 0 bridgehead atoms. The van der Waals surface area contributed by atoms with Gasteiger partial charge in [0.1, 0.15) is 16.5 Å². The monoisotopic (exact) mass is 481 g/mol. The molecule has 1 aliphatic rings. The quantitative estimate of drug-likeness (QED) is 0.354. The van der Waals surface area contributed by atoms with Crippen LogP contribution in [0, 0.1) is 6.92 Å². The van der Waals surface area contributed by atoms with Crippen molar-refractivity contribution in [3.8, 4) is 11.5 Å². The van der Waals surface area contributed by atoms with Gasteiger partial charge in [-0.2, -0.15) is 4.98 Å². The Labute approximate surface area is 206 Å². The first-order valence-electron chi connectivity index (χ1n) is 11.7. The van der Waals surface area contributed by atoms with Crippen molar-refractivity contribution in [2.45, 2.75) is 45.6 Å². The van der Waals surface area contributed by atoms with Crippen LogP contribution in [0.25, 0.3) is 0 Å². The average molecular weight is 482 g/mol. The third-order valence-corrected chi connectivity index (χ3v) is 6.11. The number of rotatable bonds is 8. The SMILES string of the molecule is COc1cccc(Nc2ncc(Cl)c(Nc3cc(C)c(C4CCNCC4)cc3OC(C)C)n2)c1. The highest BCUT2D eigenvalue weighted by molar-refractivity contribution is 6.32. The van der Waals surface area contributed by atoms with E-state index in [9.17, 15) is 0 Å². The fourth-order valence-electron chi connectivity index (χ4n) is 4.20. The van der Waals surface area contributed by atoms with Crippen molar-refractivity contribution in [3.63, 3.8) is 0 Å². The molecular formula is C26H32ClN5O2. The maximum Gasteiger partial charge on any atom is 0.229 e. The van der Waals surface area contributed by atoms with Gasteiger partial charge in [-0.1, -0.05) is 17.7 Å². The zero-order chi connectivity index (χ0) is 24.1. The molecule has 0 amide bonds. The Bertz CT molecular complexity index is 1130. The van der Waals surface area contributed by atoms with E-state index >= 15 is 0 Å². The molecule has 7 nitrogen and oxygen atoms in total. The number of aromatic nitrogens is 2. The summed E-state index contributed by atoms with van der Waals surface area (Å²) in [6.45, 7) is 8.30. The molecule has 3 N–H and O–H groups in total. The lowest BCUT2D eigenvalue weighted by molar-refractivity contribution is 0.243. The molecule has 0 aliphatic carbocycles. The highest BCUT2D eigenvalue weighted by Crippen LogP contribution is 2.38. The third-order valence-electron chi connectivity index (χ3n) is 5.83. The summed E-state index contributed by atoms with van der Waals surface area (Å²) in [7, 11) is 1.63. The fraction of sp³-hybridized carbons (Fsp3) is 0.385. The highest BCUT2D eigenvalue weighted by atomic mass is 35.5. The van der Waals surface area contributed by atoms with Gasteiger partial charge in [0.15, 0.2) is 5.82 Å². The van der Waals surface area contributed by atoms with Gasteiger partial charge in [0, 0.05) is 11.8 Å². The molecule has 2 heterocycles. The predicted octanol–water partition coefficient (Wildman–Crippen LogP) is 6.19. The van der Waals surface area contributed by atoms with Crippen molar-refractivity contribution in [2.75, 3.05) is 30.8 Å². The zero-order valence-electron chi connectivity index (χ0n) is 20.1. The summed E-state index contributed by atoms with van der Waals surface area (Å²) in [4.78, 5) is 8.93. The van der Waals surface area contributed by atoms with Crippen LogP contribution in [0.1, 0.15) is 43.7 Å². The third kappa shape index (κ3) is 5.90. The van der Waals surface area contributed by atoms with E-state index in [1.807, 2.05) is 38.1 Å². The van der Waals surface area contributed by atoms with Crippen LogP contribution in [0.5, 0.6) is 11.5 Å². The Morgan fingerprint density at radius 2 is 1.91 bits per heavy atom. The van der Waals surface area contributed by atoms with E-state index in [4.69, 9.17) is 21.1 Å². The van der Waals surface area contributed by atoms with Crippen LogP contribution in [0.15, 0.2) is 42.6 Å². The van der Waals surface area contributed by atoms with Gasteiger partial charge in [-0.25, -0.2) is 4.98 Å². The first-order chi connectivity index (χ1) is 16.4. The molecule has 0 spiro atoms. The fourth-order valence-corrected chi connectivity index (χ4v) is 4.34. The Balaban J connectivity index is 1.62. The number of methoxy groups -OCH3 is 1. The zero-order valence-corrected chi connectivity index (χ0v) is 20.9. The Kier molecular flexibility index (Phi) is 7.75. The number of hydrogen-bond donors (Lipinski definition) is 3. The van der Waals surface area contributed by atoms with E-state index in [1.54, 1.807) is 13.3 Å². The molecule has 0 atom stereocenters. The van der Waals surface area contributed by atoms with Crippen LogP contribution in [-0.4, -0.2) is 36.3 Å². The molecule has 1 saturated heterocycles. The lowest BCUT2D eigenvalue weighted by Gasteiger charge is -2.26. The number of anilines is 4. The second kappa shape index (κ2) is 10.9.